The van der Waals surface area contributed by atoms with Crippen LogP contribution in [0.3, 0.4) is 0 Å². The molecule has 12 heteroatoms. The second-order valence-corrected chi connectivity index (χ2v) is 8.52. The minimum absolute atomic E-state index is 0.0176. The Morgan fingerprint density at radius 3 is 2.62 bits per heavy atom. The van der Waals surface area contributed by atoms with Crippen molar-refractivity contribution in [2.45, 2.75) is 6.18 Å². The minimum atomic E-state index is -4.61. The zero-order valence-corrected chi connectivity index (χ0v) is 20.6. The van der Waals surface area contributed by atoms with Crippen LogP contribution in [-0.2, 0) is 11.0 Å². The summed E-state index contributed by atoms with van der Waals surface area (Å²) in [5, 5.41) is 13.5. The van der Waals surface area contributed by atoms with Crippen LogP contribution in [0.25, 0.3) is 22.3 Å². The number of fused-ring (bicyclic) bond motifs is 1. The molecule has 0 saturated carbocycles. The zero-order chi connectivity index (χ0) is 26.7. The Bertz CT molecular complexity index is 1580. The number of halogens is 4. The average molecular weight is 576 g/mol. The summed E-state index contributed by atoms with van der Waals surface area (Å²) in [4.78, 5) is 28.8. The fraction of sp³-hybridized carbons (Fsp3) is 0.120. The highest BCUT2D eigenvalue weighted by molar-refractivity contribution is 9.10. The molecule has 0 bridgehead atoms. The number of para-hydroxylation sites is 1. The van der Waals surface area contributed by atoms with Crippen molar-refractivity contribution in [3.63, 3.8) is 0 Å². The number of carbonyl (C=O) groups is 1. The van der Waals surface area contributed by atoms with Crippen molar-refractivity contribution >= 4 is 39.0 Å². The summed E-state index contributed by atoms with van der Waals surface area (Å²) in [7, 11) is 1.36. The van der Waals surface area contributed by atoms with Crippen LogP contribution < -0.4 is 15.0 Å². The molecular weight excluding hydrogens is 559 g/mol. The average Bonchev–Trinajstić information content (AvgIpc) is 2.86. The van der Waals surface area contributed by atoms with Gasteiger partial charge in [0.2, 0.25) is 0 Å². The van der Waals surface area contributed by atoms with Crippen LogP contribution >= 0.6 is 15.9 Å². The van der Waals surface area contributed by atoms with E-state index in [1.165, 1.54) is 31.5 Å². The summed E-state index contributed by atoms with van der Waals surface area (Å²) < 4.78 is 52.2. The number of alkyl halides is 3. The van der Waals surface area contributed by atoms with Gasteiger partial charge in [0.15, 0.2) is 23.9 Å². The van der Waals surface area contributed by atoms with E-state index in [9.17, 15) is 22.8 Å². The van der Waals surface area contributed by atoms with E-state index in [4.69, 9.17) is 14.6 Å². The van der Waals surface area contributed by atoms with Gasteiger partial charge in [-0.05, 0) is 36.4 Å². The fourth-order valence-electron chi connectivity index (χ4n) is 3.50. The van der Waals surface area contributed by atoms with Crippen molar-refractivity contribution in [2.75, 3.05) is 13.7 Å². The molecule has 0 radical (unpaired) electrons. The van der Waals surface area contributed by atoms with Gasteiger partial charge in [-0.3, -0.25) is 4.79 Å². The monoisotopic (exact) mass is 575 g/mol. The molecule has 0 aliphatic carbocycles. The summed E-state index contributed by atoms with van der Waals surface area (Å²) in [6, 6.07) is 13.9. The molecule has 37 heavy (non-hydrogen) atoms. The number of methoxy groups -OCH3 is 1. The third kappa shape index (κ3) is 5.64. The van der Waals surface area contributed by atoms with E-state index in [1.807, 2.05) is 0 Å². The second kappa shape index (κ2) is 10.4. The topological polar surface area (TPSA) is 103 Å². The summed E-state index contributed by atoms with van der Waals surface area (Å²) in [6.07, 6.45) is -3.40. The zero-order valence-electron chi connectivity index (χ0n) is 19.0. The summed E-state index contributed by atoms with van der Waals surface area (Å²) in [5.74, 6) is -1.12. The summed E-state index contributed by atoms with van der Waals surface area (Å²) in [6.45, 7) is -0.675. The molecule has 0 aliphatic rings. The Hall–Kier alpha value is -4.19. The van der Waals surface area contributed by atoms with Gasteiger partial charge in [0.25, 0.3) is 5.56 Å². The Morgan fingerprint density at radius 2 is 1.92 bits per heavy atom. The van der Waals surface area contributed by atoms with Gasteiger partial charge in [-0.2, -0.15) is 22.9 Å². The summed E-state index contributed by atoms with van der Waals surface area (Å²) in [5.41, 5.74) is -0.999. The van der Waals surface area contributed by atoms with Crippen molar-refractivity contribution in [1.82, 2.24) is 9.66 Å². The molecule has 8 nitrogen and oxygen atoms in total. The van der Waals surface area contributed by atoms with E-state index in [2.05, 4.69) is 26.0 Å². The van der Waals surface area contributed by atoms with Crippen LogP contribution in [0, 0.1) is 0 Å². The van der Waals surface area contributed by atoms with Crippen molar-refractivity contribution in [3.8, 4) is 22.9 Å². The maximum Gasteiger partial charge on any atom is 0.416 e. The van der Waals surface area contributed by atoms with Gasteiger partial charge in [-0.25, -0.2) is 9.78 Å². The van der Waals surface area contributed by atoms with Gasteiger partial charge in [0, 0.05) is 15.6 Å². The Labute approximate surface area is 215 Å². The molecule has 0 saturated heterocycles. The number of benzene rings is 3. The van der Waals surface area contributed by atoms with E-state index in [0.29, 0.717) is 4.47 Å². The molecule has 3 aromatic carbocycles. The van der Waals surface area contributed by atoms with Crippen LogP contribution in [-0.4, -0.2) is 40.7 Å². The number of carboxylic acids is 1. The normalized spacial score (nSPS) is 11.7. The number of aliphatic carboxylic acids is 1. The predicted octanol–water partition coefficient (Wildman–Crippen LogP) is 5.20. The molecule has 0 unspecified atom stereocenters. The lowest BCUT2D eigenvalue weighted by molar-refractivity contribution is -0.139. The van der Waals surface area contributed by atoms with Crippen LogP contribution in [0.1, 0.15) is 11.1 Å². The van der Waals surface area contributed by atoms with Crippen molar-refractivity contribution < 1.29 is 32.5 Å². The molecule has 4 rings (SSSR count). The maximum absolute atomic E-state index is 13.4. The van der Waals surface area contributed by atoms with Gasteiger partial charge in [-0.1, -0.05) is 40.2 Å². The number of ether oxygens (including phenoxy) is 2. The number of rotatable bonds is 7. The van der Waals surface area contributed by atoms with Gasteiger partial charge in [0.1, 0.15) is 0 Å². The first kappa shape index (κ1) is 25.9. The van der Waals surface area contributed by atoms with Gasteiger partial charge in [0.05, 0.1) is 29.8 Å². The van der Waals surface area contributed by atoms with Crippen LogP contribution in [0.2, 0.25) is 0 Å². The first-order chi connectivity index (χ1) is 17.6. The first-order valence-corrected chi connectivity index (χ1v) is 11.3. The Balaban J connectivity index is 1.93. The smallest absolute Gasteiger partial charge is 0.416 e. The first-order valence-electron chi connectivity index (χ1n) is 10.5. The molecule has 0 atom stereocenters. The lowest BCUT2D eigenvalue weighted by Crippen LogP contribution is -2.20. The third-order valence-electron chi connectivity index (χ3n) is 5.12. The number of hydrogen-bond donors (Lipinski definition) is 1. The Kier molecular flexibility index (Phi) is 7.30. The van der Waals surface area contributed by atoms with Crippen molar-refractivity contribution in [2.24, 2.45) is 5.10 Å². The molecule has 190 valence electrons. The minimum Gasteiger partial charge on any atom is -0.493 e. The lowest BCUT2D eigenvalue weighted by Gasteiger charge is -2.14. The SMILES string of the molecule is COc1cc(Br)cc(C=Nn2c(-c3cccc(C(F)(F)F)c3)nc3ccccc3c2=O)c1OCC(=O)O. The molecule has 1 aromatic heterocycles. The molecule has 1 heterocycles. The van der Waals surface area contributed by atoms with Gasteiger partial charge >= 0.3 is 12.1 Å². The molecule has 4 aromatic rings. The Morgan fingerprint density at radius 1 is 1.16 bits per heavy atom. The molecule has 0 fully saturated rings. The van der Waals surface area contributed by atoms with Crippen LogP contribution in [0.4, 0.5) is 13.2 Å². The number of aromatic nitrogens is 2. The maximum atomic E-state index is 13.4. The van der Waals surface area contributed by atoms with Crippen molar-refractivity contribution in [1.29, 1.82) is 0 Å². The van der Waals surface area contributed by atoms with E-state index in [-0.39, 0.29) is 39.4 Å². The highest BCUT2D eigenvalue weighted by Crippen LogP contribution is 2.35. The molecular formula is C25H17BrF3N3O5. The fourth-order valence-corrected chi connectivity index (χ4v) is 3.95. The quantitative estimate of drug-likeness (QED) is 0.304. The van der Waals surface area contributed by atoms with E-state index < -0.39 is 29.9 Å². The third-order valence-corrected chi connectivity index (χ3v) is 5.58. The van der Waals surface area contributed by atoms with E-state index in [0.717, 1.165) is 16.8 Å². The predicted molar refractivity (Wildman–Crippen MR) is 133 cm³/mol. The molecule has 0 spiro atoms. The highest BCUT2D eigenvalue weighted by atomic mass is 79.9. The van der Waals surface area contributed by atoms with E-state index in [1.54, 1.807) is 30.3 Å². The molecule has 1 N–H and O–H groups in total. The largest absolute Gasteiger partial charge is 0.493 e. The number of carboxylic acid groups (broad SMARTS) is 1. The molecule has 0 amide bonds. The molecule has 0 aliphatic heterocycles. The van der Waals surface area contributed by atoms with Gasteiger partial charge in [-0.15, -0.1) is 0 Å². The number of nitrogens with zero attached hydrogens (tertiary/aromatic N) is 3. The highest BCUT2D eigenvalue weighted by Gasteiger charge is 2.31. The summed E-state index contributed by atoms with van der Waals surface area (Å²) >= 11 is 3.32. The van der Waals surface area contributed by atoms with Crippen molar-refractivity contribution in [3.05, 3.63) is 86.6 Å². The van der Waals surface area contributed by atoms with Crippen LogP contribution in [0.5, 0.6) is 11.5 Å². The van der Waals surface area contributed by atoms with Crippen LogP contribution in [0.15, 0.2) is 75.0 Å². The second-order valence-electron chi connectivity index (χ2n) is 7.60. The van der Waals surface area contributed by atoms with E-state index >= 15 is 0 Å². The van der Waals surface area contributed by atoms with Gasteiger partial charge < -0.3 is 14.6 Å². The standard InChI is InChI=1S/C25H17BrF3N3O5/c1-36-20-11-17(26)10-15(22(20)37-13-21(33)34)12-30-32-23(14-5-4-6-16(9-14)25(27,28)29)31-19-8-3-2-7-18(19)24(32)35/h2-12H,13H2,1H3,(H,33,34). The lowest BCUT2D eigenvalue weighted by atomic mass is 10.1. The number of hydrogen-bond acceptors (Lipinski definition) is 6.